The van der Waals surface area contributed by atoms with Gasteiger partial charge in [-0.25, -0.2) is 0 Å². The van der Waals surface area contributed by atoms with E-state index in [0.29, 0.717) is 27.8 Å². The van der Waals surface area contributed by atoms with E-state index in [0.717, 1.165) is 18.8 Å². The van der Waals surface area contributed by atoms with Crippen LogP contribution in [0.2, 0.25) is 0 Å². The lowest BCUT2D eigenvalue weighted by atomic mass is 9.46. The molecule has 5 aliphatic rings. The second kappa shape index (κ2) is 5.71. The van der Waals surface area contributed by atoms with E-state index in [2.05, 4.69) is 49.5 Å². The van der Waals surface area contributed by atoms with Crippen molar-refractivity contribution in [3.63, 3.8) is 0 Å². The Balaban J connectivity index is 1.47. The summed E-state index contributed by atoms with van der Waals surface area (Å²) in [5.74, 6) is 4.62. The van der Waals surface area contributed by atoms with Crippen LogP contribution in [-0.4, -0.2) is 26.3 Å². The highest BCUT2D eigenvalue weighted by Crippen LogP contribution is 2.69. The third kappa shape index (κ3) is 2.17. The number of aliphatic hydroxyl groups is 1. The van der Waals surface area contributed by atoms with Gasteiger partial charge in [0.05, 0.1) is 10.1 Å². The fraction of sp³-hybridized carbons (Fsp3) is 0.864. The molecule has 1 N–H and O–H groups in total. The zero-order valence-corrected chi connectivity index (χ0v) is 17.7. The van der Waals surface area contributed by atoms with Gasteiger partial charge in [0.1, 0.15) is 0 Å². The maximum atomic E-state index is 11.0. The number of nitrogens with zero attached hydrogens (tertiary/aromatic N) is 1. The van der Waals surface area contributed by atoms with Gasteiger partial charge in [-0.15, -0.1) is 23.5 Å². The molecule has 0 bridgehead atoms. The molecular weight excluding hydrogens is 358 g/mol. The molecular formula is C22H31NOS2. The maximum Gasteiger partial charge on any atom is 0.156 e. The summed E-state index contributed by atoms with van der Waals surface area (Å²) >= 11 is 4.37. The molecule has 0 aromatic carbocycles. The molecule has 1 spiro atoms. The van der Waals surface area contributed by atoms with Crippen LogP contribution in [0.15, 0.2) is 11.6 Å². The molecule has 0 radical (unpaired) electrons. The first-order chi connectivity index (χ1) is 12.4. The minimum absolute atomic E-state index is 0.187. The minimum atomic E-state index is -1.09. The zero-order chi connectivity index (χ0) is 18.2. The summed E-state index contributed by atoms with van der Waals surface area (Å²) in [7, 11) is 0. The monoisotopic (exact) mass is 389 g/mol. The molecule has 0 unspecified atom stereocenters. The van der Waals surface area contributed by atoms with Crippen LogP contribution in [0.5, 0.6) is 0 Å². The van der Waals surface area contributed by atoms with E-state index < -0.39 is 5.60 Å². The average molecular weight is 390 g/mol. The van der Waals surface area contributed by atoms with Gasteiger partial charge in [-0.3, -0.25) is 0 Å². The summed E-state index contributed by atoms with van der Waals surface area (Å²) in [6, 6.07) is 2.31. The van der Waals surface area contributed by atoms with Crippen LogP contribution >= 0.6 is 23.5 Å². The van der Waals surface area contributed by atoms with E-state index in [4.69, 9.17) is 0 Å². The van der Waals surface area contributed by atoms with Crippen LogP contribution in [0.3, 0.4) is 0 Å². The van der Waals surface area contributed by atoms with Crippen molar-refractivity contribution in [3.05, 3.63) is 11.6 Å². The van der Waals surface area contributed by atoms with E-state index in [-0.39, 0.29) is 5.41 Å². The van der Waals surface area contributed by atoms with Crippen molar-refractivity contribution in [2.24, 2.45) is 28.6 Å². The van der Waals surface area contributed by atoms with Crippen molar-refractivity contribution in [1.82, 2.24) is 0 Å². The van der Waals surface area contributed by atoms with Crippen molar-refractivity contribution >= 4 is 23.5 Å². The fourth-order valence-electron chi connectivity index (χ4n) is 7.58. The van der Waals surface area contributed by atoms with E-state index >= 15 is 0 Å². The van der Waals surface area contributed by atoms with Crippen molar-refractivity contribution < 1.29 is 5.11 Å². The lowest BCUT2D eigenvalue weighted by Crippen LogP contribution is -2.54. The Morgan fingerprint density at radius 1 is 1.04 bits per heavy atom. The Kier molecular flexibility index (Phi) is 3.94. The predicted octanol–water partition coefficient (Wildman–Crippen LogP) is 5.38. The van der Waals surface area contributed by atoms with E-state index in [1.807, 2.05) is 0 Å². The molecule has 4 heteroatoms. The van der Waals surface area contributed by atoms with Gasteiger partial charge in [-0.2, -0.15) is 5.26 Å². The second-order valence-electron chi connectivity index (χ2n) is 9.98. The van der Waals surface area contributed by atoms with Gasteiger partial charge < -0.3 is 5.11 Å². The average Bonchev–Trinajstić information content (AvgIpc) is 3.19. The molecule has 3 saturated carbocycles. The first-order valence-corrected chi connectivity index (χ1v) is 12.5. The third-order valence-corrected chi connectivity index (χ3v) is 12.6. The van der Waals surface area contributed by atoms with Crippen molar-refractivity contribution in [1.29, 1.82) is 5.26 Å². The van der Waals surface area contributed by atoms with E-state index in [1.165, 1.54) is 43.6 Å². The third-order valence-electron chi connectivity index (χ3n) is 9.24. The highest BCUT2D eigenvalue weighted by molar-refractivity contribution is 8.21. The normalized spacial score (nSPS) is 51.9. The highest BCUT2D eigenvalue weighted by Gasteiger charge is 2.64. The molecule has 4 fully saturated rings. The summed E-state index contributed by atoms with van der Waals surface area (Å²) in [5.41, 5.74) is 0.845. The van der Waals surface area contributed by atoms with Crippen molar-refractivity contribution in [3.8, 4) is 6.07 Å². The number of fused-ring (bicyclic) bond motifs is 5. The topological polar surface area (TPSA) is 44.0 Å². The highest BCUT2D eigenvalue weighted by atomic mass is 32.2. The van der Waals surface area contributed by atoms with Gasteiger partial charge in [0.25, 0.3) is 0 Å². The summed E-state index contributed by atoms with van der Waals surface area (Å²) in [5, 5.41) is 20.7. The van der Waals surface area contributed by atoms with Gasteiger partial charge in [0, 0.05) is 16.9 Å². The zero-order valence-electron chi connectivity index (χ0n) is 16.1. The van der Waals surface area contributed by atoms with Gasteiger partial charge >= 0.3 is 0 Å². The first kappa shape index (κ1) is 18.0. The van der Waals surface area contributed by atoms with Crippen LogP contribution in [0.1, 0.15) is 65.2 Å². The molecule has 2 nitrogen and oxygen atoms in total. The van der Waals surface area contributed by atoms with Crippen molar-refractivity contribution in [2.75, 3.05) is 11.5 Å². The molecule has 142 valence electrons. The number of hydrogen-bond acceptors (Lipinski definition) is 4. The number of nitriles is 1. The lowest BCUT2D eigenvalue weighted by molar-refractivity contribution is -0.100. The largest absolute Gasteiger partial charge is 0.375 e. The molecule has 1 heterocycles. The number of rotatable bonds is 0. The van der Waals surface area contributed by atoms with Gasteiger partial charge in [-0.05, 0) is 74.5 Å². The Hall–Kier alpha value is -0.110. The van der Waals surface area contributed by atoms with Gasteiger partial charge in [-0.1, -0.05) is 25.5 Å². The molecule has 5 rings (SSSR count). The molecule has 26 heavy (non-hydrogen) atoms. The molecule has 4 aliphatic carbocycles. The number of hydrogen-bond donors (Lipinski definition) is 1. The Bertz CT molecular complexity index is 693. The SMILES string of the molecule is C[C@]12CCC3(C=C1CC[C@@H]1[C@@H]2CC[C@@]2(C)[C@H]1CC[C@@]2(O)C#N)SCCS3. The predicted molar refractivity (Wildman–Crippen MR) is 110 cm³/mol. The Morgan fingerprint density at radius 2 is 1.77 bits per heavy atom. The molecule has 1 saturated heterocycles. The smallest absolute Gasteiger partial charge is 0.156 e. The van der Waals surface area contributed by atoms with E-state index in [9.17, 15) is 10.4 Å². The summed E-state index contributed by atoms with van der Waals surface area (Å²) in [4.78, 5) is 0. The molecule has 0 aromatic rings. The number of allylic oxidation sites excluding steroid dienone is 1. The molecule has 6 atom stereocenters. The van der Waals surface area contributed by atoms with Crippen LogP contribution in [0.25, 0.3) is 0 Å². The second-order valence-corrected chi connectivity index (χ2v) is 13.1. The quantitative estimate of drug-likeness (QED) is 0.446. The molecule has 0 aromatic heterocycles. The first-order valence-electron chi connectivity index (χ1n) is 10.5. The van der Waals surface area contributed by atoms with Crippen LogP contribution < -0.4 is 0 Å². The summed E-state index contributed by atoms with van der Waals surface area (Å²) in [6.45, 7) is 4.78. The standard InChI is InChI=1S/C22H31NOS2/c1-19-9-10-22(25-11-12-26-22)13-15(19)3-4-16-17(19)5-7-20(2)18(16)6-8-21(20,24)14-23/h13,16-18,24H,3-12H2,1-2H3/t16-,17+,18+,19+,20+,21-/m1/s1. The van der Waals surface area contributed by atoms with Crippen LogP contribution in [-0.2, 0) is 0 Å². The summed E-state index contributed by atoms with van der Waals surface area (Å²) < 4.78 is 0.388. The number of thioether (sulfide) groups is 2. The Labute approximate surface area is 166 Å². The van der Waals surface area contributed by atoms with Crippen LogP contribution in [0.4, 0.5) is 0 Å². The fourth-order valence-corrected chi connectivity index (χ4v) is 10.7. The molecule has 1 aliphatic heterocycles. The maximum absolute atomic E-state index is 11.0. The van der Waals surface area contributed by atoms with Gasteiger partial charge in [0.2, 0.25) is 0 Å². The van der Waals surface area contributed by atoms with Crippen molar-refractivity contribution in [2.45, 2.75) is 74.9 Å². The lowest BCUT2D eigenvalue weighted by Gasteiger charge is -2.59. The Morgan fingerprint density at radius 3 is 2.50 bits per heavy atom. The van der Waals surface area contributed by atoms with Gasteiger partial charge in [0.15, 0.2) is 5.60 Å². The van der Waals surface area contributed by atoms with E-state index in [1.54, 1.807) is 5.57 Å². The van der Waals surface area contributed by atoms with Crippen LogP contribution in [0, 0.1) is 39.9 Å². The summed E-state index contributed by atoms with van der Waals surface area (Å²) in [6.07, 6.45) is 11.8. The minimum Gasteiger partial charge on any atom is -0.375 e. The molecule has 0 amide bonds.